The third-order valence-corrected chi connectivity index (χ3v) is 7.01. The molecular formula is C29H40N4O3. The molecule has 7 heteroatoms. The van der Waals surface area contributed by atoms with Gasteiger partial charge in [-0.1, -0.05) is 26.0 Å². The Morgan fingerprint density at radius 1 is 1.06 bits per heavy atom. The average molecular weight is 493 g/mol. The second-order valence-electron chi connectivity index (χ2n) is 9.61. The highest BCUT2D eigenvalue weighted by Gasteiger charge is 2.36. The average Bonchev–Trinajstić information content (AvgIpc) is 3.48. The molecule has 0 aliphatic heterocycles. The van der Waals surface area contributed by atoms with E-state index in [2.05, 4.69) is 48.0 Å². The number of likely N-dealkylation sites (N-methyl/N-ethyl adjacent to an activating group) is 1. The number of nitrogens with two attached hydrogens (primary N) is 1. The minimum Gasteiger partial charge on any atom is -0.494 e. The lowest BCUT2D eigenvalue weighted by Crippen LogP contribution is -2.28. The minimum atomic E-state index is 0.519. The smallest absolute Gasteiger partial charge is 0.125 e. The molecule has 0 radical (unpaired) electrons. The third-order valence-electron chi connectivity index (χ3n) is 7.01. The van der Waals surface area contributed by atoms with Crippen LogP contribution in [0.25, 0.3) is 11.3 Å². The van der Waals surface area contributed by atoms with Crippen molar-refractivity contribution in [2.75, 3.05) is 45.2 Å². The molecule has 1 aliphatic carbocycles. The number of hydrogen-bond donors (Lipinski definition) is 2. The standard InChI is InChI=1S/C29H40N4O3/c1-4-33(5-2)12-14-36-28-10-9-26(30)16-25(28)20-34-19-24-15-22(24)11-13-35-27-8-6-7-23(17-27)29-21(3)18-31-32-29/h6-10,16-18,22,24H,4-5,11-15,19-20,30H2,1-3H3,(H,31,32). The number of rotatable bonds is 15. The second-order valence-corrected chi connectivity index (χ2v) is 9.61. The van der Waals surface area contributed by atoms with Crippen LogP contribution in [0.4, 0.5) is 5.69 Å². The number of benzene rings is 2. The van der Waals surface area contributed by atoms with Gasteiger partial charge >= 0.3 is 0 Å². The van der Waals surface area contributed by atoms with Crippen molar-refractivity contribution in [2.45, 2.75) is 40.2 Å². The number of anilines is 1. The van der Waals surface area contributed by atoms with E-state index in [4.69, 9.17) is 19.9 Å². The van der Waals surface area contributed by atoms with Crippen molar-refractivity contribution < 1.29 is 14.2 Å². The molecule has 0 saturated heterocycles. The molecule has 3 N–H and O–H groups in total. The number of aromatic amines is 1. The first kappa shape index (κ1) is 26.0. The molecule has 2 aromatic carbocycles. The van der Waals surface area contributed by atoms with Crippen LogP contribution in [0.5, 0.6) is 11.5 Å². The minimum absolute atomic E-state index is 0.519. The van der Waals surface area contributed by atoms with Crippen molar-refractivity contribution in [1.82, 2.24) is 15.1 Å². The highest BCUT2D eigenvalue weighted by Crippen LogP contribution is 2.41. The van der Waals surface area contributed by atoms with Crippen LogP contribution < -0.4 is 15.2 Å². The van der Waals surface area contributed by atoms with Gasteiger partial charge in [-0.15, -0.1) is 0 Å². The first-order chi connectivity index (χ1) is 17.6. The summed E-state index contributed by atoms with van der Waals surface area (Å²) in [5.74, 6) is 3.02. The summed E-state index contributed by atoms with van der Waals surface area (Å²) >= 11 is 0. The van der Waals surface area contributed by atoms with Gasteiger partial charge in [0.05, 0.1) is 31.7 Å². The molecule has 0 spiro atoms. The van der Waals surface area contributed by atoms with Crippen LogP contribution >= 0.6 is 0 Å². The Balaban J connectivity index is 1.17. The number of aromatic nitrogens is 2. The maximum Gasteiger partial charge on any atom is 0.125 e. The SMILES string of the molecule is CCN(CC)CCOc1ccc(N)cc1COCC1CC1CCOc1cccc(-c2[nH]ncc2C)c1. The number of nitrogen functional groups attached to an aromatic ring is 1. The Morgan fingerprint density at radius 2 is 1.92 bits per heavy atom. The molecule has 2 atom stereocenters. The normalized spacial score (nSPS) is 16.9. The Kier molecular flexibility index (Phi) is 9.25. The quantitative estimate of drug-likeness (QED) is 0.280. The fourth-order valence-corrected chi connectivity index (χ4v) is 4.57. The molecule has 0 bridgehead atoms. The molecule has 7 nitrogen and oxygen atoms in total. The predicted octanol–water partition coefficient (Wildman–Crippen LogP) is 5.31. The van der Waals surface area contributed by atoms with Gasteiger partial charge in [0.2, 0.25) is 0 Å². The predicted molar refractivity (Wildman–Crippen MR) is 144 cm³/mol. The topological polar surface area (TPSA) is 85.6 Å². The number of nitrogens with zero attached hydrogens (tertiary/aromatic N) is 2. The number of nitrogens with one attached hydrogen (secondary N) is 1. The van der Waals surface area contributed by atoms with Crippen LogP contribution in [0.1, 0.15) is 37.8 Å². The van der Waals surface area contributed by atoms with Crippen LogP contribution in [0, 0.1) is 18.8 Å². The van der Waals surface area contributed by atoms with Gasteiger partial charge in [0, 0.05) is 23.4 Å². The molecular weight excluding hydrogens is 452 g/mol. The maximum atomic E-state index is 6.08. The van der Waals surface area contributed by atoms with Crippen LogP contribution in [0.3, 0.4) is 0 Å². The van der Waals surface area contributed by atoms with Crippen molar-refractivity contribution in [3.05, 3.63) is 59.8 Å². The first-order valence-corrected chi connectivity index (χ1v) is 13.1. The zero-order chi connectivity index (χ0) is 25.3. The van der Waals surface area contributed by atoms with E-state index in [0.29, 0.717) is 31.7 Å². The van der Waals surface area contributed by atoms with E-state index < -0.39 is 0 Å². The summed E-state index contributed by atoms with van der Waals surface area (Å²) < 4.78 is 18.2. The van der Waals surface area contributed by atoms with Crippen molar-refractivity contribution in [1.29, 1.82) is 0 Å². The molecule has 0 amide bonds. The Bertz CT molecular complexity index is 1100. The summed E-state index contributed by atoms with van der Waals surface area (Å²) in [5.41, 5.74) is 11.0. The molecule has 36 heavy (non-hydrogen) atoms. The molecule has 1 aromatic heterocycles. The van der Waals surface area contributed by atoms with Gasteiger partial charge in [-0.2, -0.15) is 5.10 Å². The van der Waals surface area contributed by atoms with Crippen LogP contribution in [-0.2, 0) is 11.3 Å². The summed E-state index contributed by atoms with van der Waals surface area (Å²) in [6.07, 6.45) is 4.08. The van der Waals surface area contributed by atoms with Gasteiger partial charge < -0.3 is 24.8 Å². The summed E-state index contributed by atoms with van der Waals surface area (Å²) in [4.78, 5) is 2.35. The fourth-order valence-electron chi connectivity index (χ4n) is 4.57. The first-order valence-electron chi connectivity index (χ1n) is 13.1. The molecule has 1 aliphatic rings. The van der Waals surface area contributed by atoms with Gasteiger partial charge in [0.25, 0.3) is 0 Å². The van der Waals surface area contributed by atoms with Crippen LogP contribution in [0.15, 0.2) is 48.7 Å². The number of hydrogen-bond acceptors (Lipinski definition) is 6. The van der Waals surface area contributed by atoms with Gasteiger partial charge in [0.15, 0.2) is 0 Å². The van der Waals surface area contributed by atoms with E-state index in [0.717, 1.165) is 72.2 Å². The number of H-pyrrole nitrogens is 1. The number of aryl methyl sites for hydroxylation is 1. The monoisotopic (exact) mass is 492 g/mol. The Morgan fingerprint density at radius 3 is 2.69 bits per heavy atom. The van der Waals surface area contributed by atoms with Crippen LogP contribution in [0.2, 0.25) is 0 Å². The third kappa shape index (κ3) is 7.24. The maximum absolute atomic E-state index is 6.08. The summed E-state index contributed by atoms with van der Waals surface area (Å²) in [7, 11) is 0. The largest absolute Gasteiger partial charge is 0.494 e. The van der Waals surface area contributed by atoms with Crippen molar-refractivity contribution >= 4 is 5.69 Å². The summed E-state index contributed by atoms with van der Waals surface area (Å²) in [6.45, 7) is 12.0. The van der Waals surface area contributed by atoms with Crippen molar-refractivity contribution in [3.63, 3.8) is 0 Å². The molecule has 1 saturated carbocycles. The summed E-state index contributed by atoms with van der Waals surface area (Å²) in [6, 6.07) is 14.0. The molecule has 1 heterocycles. The molecule has 3 aromatic rings. The molecule has 1 fully saturated rings. The van der Waals surface area contributed by atoms with Gasteiger partial charge in [-0.3, -0.25) is 5.10 Å². The van der Waals surface area contributed by atoms with E-state index in [1.165, 1.54) is 6.42 Å². The van der Waals surface area contributed by atoms with E-state index in [1.807, 2.05) is 36.5 Å². The zero-order valence-electron chi connectivity index (χ0n) is 21.8. The van der Waals surface area contributed by atoms with E-state index >= 15 is 0 Å². The highest BCUT2D eigenvalue weighted by molar-refractivity contribution is 5.63. The lowest BCUT2D eigenvalue weighted by atomic mass is 10.1. The van der Waals surface area contributed by atoms with Gasteiger partial charge in [-0.25, -0.2) is 0 Å². The van der Waals surface area contributed by atoms with Gasteiger partial charge in [0.1, 0.15) is 18.1 Å². The van der Waals surface area contributed by atoms with Crippen molar-refractivity contribution in [2.24, 2.45) is 11.8 Å². The second kappa shape index (κ2) is 12.8. The zero-order valence-corrected chi connectivity index (χ0v) is 21.8. The molecule has 194 valence electrons. The van der Waals surface area contributed by atoms with Crippen LogP contribution in [-0.4, -0.2) is 54.6 Å². The van der Waals surface area contributed by atoms with E-state index in [1.54, 1.807) is 0 Å². The lowest BCUT2D eigenvalue weighted by Gasteiger charge is -2.19. The lowest BCUT2D eigenvalue weighted by molar-refractivity contribution is 0.104. The summed E-state index contributed by atoms with van der Waals surface area (Å²) in [5, 5.41) is 7.18. The van der Waals surface area contributed by atoms with Gasteiger partial charge in [-0.05, 0) is 80.6 Å². The highest BCUT2D eigenvalue weighted by atomic mass is 16.5. The van der Waals surface area contributed by atoms with E-state index in [-0.39, 0.29) is 0 Å². The molecule has 2 unspecified atom stereocenters. The van der Waals surface area contributed by atoms with Crippen molar-refractivity contribution in [3.8, 4) is 22.8 Å². The number of ether oxygens (including phenoxy) is 3. The Hall–Kier alpha value is -3.03. The Labute approximate surface area is 214 Å². The fraction of sp³-hybridized carbons (Fsp3) is 0.483. The van der Waals surface area contributed by atoms with E-state index in [9.17, 15) is 0 Å². The molecule has 4 rings (SSSR count).